The third-order valence-electron chi connectivity index (χ3n) is 3.10. The van der Waals surface area contributed by atoms with E-state index in [4.69, 9.17) is 5.21 Å². The quantitative estimate of drug-likeness (QED) is 0.735. The van der Waals surface area contributed by atoms with Gasteiger partial charge < -0.3 is 5.21 Å². The van der Waals surface area contributed by atoms with Crippen LogP contribution >= 0.6 is 0 Å². The number of hydrazine groups is 1. The molecule has 1 fully saturated rings. The maximum Gasteiger partial charge on any atom is 0.273 e. The van der Waals surface area contributed by atoms with Gasteiger partial charge >= 0.3 is 0 Å². The Hall–Kier alpha value is -1.96. The van der Waals surface area contributed by atoms with Crippen molar-refractivity contribution in [1.82, 2.24) is 5.01 Å². The van der Waals surface area contributed by atoms with Crippen molar-refractivity contribution in [3.05, 3.63) is 29.5 Å². The van der Waals surface area contributed by atoms with E-state index in [9.17, 15) is 14.8 Å². The smallest absolute Gasteiger partial charge is 0.273 e. The minimum Gasteiger partial charge on any atom is -0.595 e. The zero-order valence-electron chi connectivity index (χ0n) is 10.9. The summed E-state index contributed by atoms with van der Waals surface area (Å²) < 4.78 is 0. The number of carbonyl (C=O) groups excluding carboxylic acids is 2. The van der Waals surface area contributed by atoms with Gasteiger partial charge in [0.2, 0.25) is 5.91 Å². The molecule has 19 heavy (non-hydrogen) atoms. The molecule has 1 aliphatic heterocycles. The molecule has 1 atom stereocenters. The predicted octanol–water partition coefficient (Wildman–Crippen LogP) is -0.0213. The van der Waals surface area contributed by atoms with Gasteiger partial charge in [-0.3, -0.25) is 9.59 Å². The third kappa shape index (κ3) is 1.97. The average Bonchev–Trinajstić information content (AvgIpc) is 2.34. The first kappa shape index (κ1) is 13.5. The fraction of sp³-hybridized carbons (Fsp3) is 0.333. The number of nitrogens with zero attached hydrogens (tertiary/aromatic N) is 2. The second-order valence-electron chi connectivity index (χ2n) is 4.86. The van der Waals surface area contributed by atoms with Crippen molar-refractivity contribution >= 4 is 23.2 Å². The van der Waals surface area contributed by atoms with Crippen molar-refractivity contribution in [2.75, 3.05) is 5.01 Å². The van der Waals surface area contributed by atoms with Crippen LogP contribution in [-0.2, 0) is 9.59 Å². The lowest BCUT2D eigenvalue weighted by Gasteiger charge is -2.54. The van der Waals surface area contributed by atoms with Crippen molar-refractivity contribution in [2.24, 2.45) is 0 Å². The number of amides is 2. The van der Waals surface area contributed by atoms with Gasteiger partial charge in [-0.2, -0.15) is 5.23 Å². The third-order valence-corrected chi connectivity index (χ3v) is 3.10. The molecule has 2 amide bonds. The number of anilines is 1. The number of benzene rings is 1. The topological polar surface area (TPSA) is 88.3 Å². The molecule has 1 aromatic carbocycles. The van der Waals surface area contributed by atoms with Crippen molar-refractivity contribution in [2.45, 2.75) is 26.3 Å². The van der Waals surface area contributed by atoms with E-state index in [1.807, 2.05) is 0 Å². The summed E-state index contributed by atoms with van der Waals surface area (Å²) >= 11 is 0. The highest BCUT2D eigenvalue weighted by molar-refractivity contribution is 6.10. The Morgan fingerprint density at radius 3 is 2.26 bits per heavy atom. The number of rotatable bonds is 2. The number of hydrogen-bond acceptors (Lipinski definition) is 4. The molecule has 0 aromatic heterocycles. The molecular weight excluding hydrogens is 250 g/mol. The van der Waals surface area contributed by atoms with Crippen molar-refractivity contribution in [3.63, 3.8) is 0 Å². The molecule has 0 radical (unpaired) electrons. The molecule has 7 heteroatoms. The number of hydrogen-bond donors (Lipinski definition) is 2. The van der Waals surface area contributed by atoms with Gasteiger partial charge in [-0.15, -0.1) is 0 Å². The molecule has 2 N–H and O–H groups in total. The van der Waals surface area contributed by atoms with Crippen molar-refractivity contribution in [1.29, 1.82) is 0 Å². The molecule has 2 rings (SSSR count). The van der Waals surface area contributed by atoms with Gasteiger partial charge in [0, 0.05) is 19.1 Å². The molecular formula is C12H15N3O4. The van der Waals surface area contributed by atoms with Crippen LogP contribution in [-0.4, -0.2) is 27.6 Å². The molecule has 1 heterocycles. The maximum absolute atomic E-state index is 12.0. The Bertz CT molecular complexity index is 524. The monoisotopic (exact) mass is 265 g/mol. The lowest BCUT2D eigenvalue weighted by Crippen LogP contribution is -2.99. The first-order valence-corrected chi connectivity index (χ1v) is 5.75. The fourth-order valence-corrected chi connectivity index (χ4v) is 2.16. The van der Waals surface area contributed by atoms with E-state index in [0.29, 0.717) is 5.69 Å². The van der Waals surface area contributed by atoms with E-state index in [-0.39, 0.29) is 17.5 Å². The van der Waals surface area contributed by atoms with E-state index in [1.165, 1.54) is 41.2 Å². The molecule has 1 aromatic rings. The lowest BCUT2D eigenvalue weighted by molar-refractivity contribution is -0.991. The minimum atomic E-state index is -1.04. The van der Waals surface area contributed by atoms with Gasteiger partial charge in [0.25, 0.3) is 5.91 Å². The summed E-state index contributed by atoms with van der Waals surface area (Å²) in [6, 6.07) is 5.81. The summed E-state index contributed by atoms with van der Waals surface area (Å²) in [5.41, 5.74) is -0.257. The highest BCUT2D eigenvalue weighted by Crippen LogP contribution is 2.35. The van der Waals surface area contributed by atoms with Gasteiger partial charge in [0.15, 0.2) is 5.69 Å². The van der Waals surface area contributed by atoms with Crippen molar-refractivity contribution in [3.8, 4) is 0 Å². The van der Waals surface area contributed by atoms with Gasteiger partial charge in [-0.05, 0) is 26.0 Å². The summed E-state index contributed by atoms with van der Waals surface area (Å²) in [6.07, 6.45) is 0. The SMILES string of the molecule is CC(=O)N1N(c2ccc([NH+]([O-])O)cc2)C(=O)C1(C)C. The Balaban J connectivity index is 2.31. The van der Waals surface area contributed by atoms with Crippen LogP contribution in [0.4, 0.5) is 11.4 Å². The number of carbonyl (C=O) groups is 2. The molecule has 1 aliphatic rings. The van der Waals surface area contributed by atoms with Crippen LogP contribution < -0.4 is 10.2 Å². The van der Waals surface area contributed by atoms with Gasteiger partial charge in [-0.1, -0.05) is 0 Å². The van der Waals surface area contributed by atoms with Crippen LogP contribution in [0.5, 0.6) is 0 Å². The second kappa shape index (κ2) is 4.30. The molecule has 0 spiro atoms. The Morgan fingerprint density at radius 1 is 1.32 bits per heavy atom. The van der Waals surface area contributed by atoms with Crippen LogP contribution in [0, 0.1) is 5.21 Å². The molecule has 0 aliphatic carbocycles. The molecule has 0 bridgehead atoms. The van der Waals surface area contributed by atoms with E-state index >= 15 is 0 Å². The van der Waals surface area contributed by atoms with Gasteiger partial charge in [-0.25, -0.2) is 15.2 Å². The van der Waals surface area contributed by atoms with Gasteiger partial charge in [0.1, 0.15) is 5.54 Å². The summed E-state index contributed by atoms with van der Waals surface area (Å²) in [5, 5.41) is 21.1. The number of quaternary nitrogens is 1. The molecule has 102 valence electrons. The van der Waals surface area contributed by atoms with Crippen LogP contribution in [0.15, 0.2) is 24.3 Å². The summed E-state index contributed by atoms with van der Waals surface area (Å²) in [7, 11) is 0. The van der Waals surface area contributed by atoms with Crippen LogP contribution in [0.2, 0.25) is 0 Å². The maximum atomic E-state index is 12.0. The molecule has 7 nitrogen and oxygen atoms in total. The molecule has 1 saturated heterocycles. The fourth-order valence-electron chi connectivity index (χ4n) is 2.16. The zero-order valence-corrected chi connectivity index (χ0v) is 10.9. The number of nitrogens with one attached hydrogen (secondary N) is 1. The Labute approximate surface area is 110 Å². The highest BCUT2D eigenvalue weighted by atomic mass is 16.8. The van der Waals surface area contributed by atoms with Crippen LogP contribution in [0.1, 0.15) is 20.8 Å². The Morgan fingerprint density at radius 2 is 1.84 bits per heavy atom. The normalized spacial score (nSPS) is 19.1. The summed E-state index contributed by atoms with van der Waals surface area (Å²) in [4.78, 5) is 23.6. The predicted molar refractivity (Wildman–Crippen MR) is 66.3 cm³/mol. The highest BCUT2D eigenvalue weighted by Gasteiger charge is 2.54. The first-order valence-electron chi connectivity index (χ1n) is 5.75. The minimum absolute atomic E-state index is 0.130. The molecule has 1 unspecified atom stereocenters. The largest absolute Gasteiger partial charge is 0.595 e. The van der Waals surface area contributed by atoms with Crippen LogP contribution in [0.25, 0.3) is 0 Å². The second-order valence-corrected chi connectivity index (χ2v) is 4.86. The molecule has 0 saturated carbocycles. The summed E-state index contributed by atoms with van der Waals surface area (Å²) in [6.45, 7) is 4.71. The van der Waals surface area contributed by atoms with E-state index in [1.54, 1.807) is 13.8 Å². The standard InChI is InChI=1S/C12H15N3O4/c1-8(16)14-12(2,3)11(17)13(14)9-4-6-10(7-5-9)15(18)19/h4-7,15,18H,1-3H3. The van der Waals surface area contributed by atoms with E-state index in [2.05, 4.69) is 0 Å². The first-order chi connectivity index (χ1) is 8.76. The van der Waals surface area contributed by atoms with Crippen molar-refractivity contribution < 1.29 is 20.0 Å². The lowest BCUT2D eigenvalue weighted by atomic mass is 9.96. The zero-order chi connectivity index (χ0) is 14.4. The Kier molecular flexibility index (Phi) is 3.05. The van der Waals surface area contributed by atoms with E-state index in [0.717, 1.165) is 0 Å². The van der Waals surface area contributed by atoms with Gasteiger partial charge in [0.05, 0.1) is 5.69 Å². The average molecular weight is 265 g/mol. The van der Waals surface area contributed by atoms with Crippen LogP contribution in [0.3, 0.4) is 0 Å². The summed E-state index contributed by atoms with van der Waals surface area (Å²) in [5.74, 6) is -0.447. The van der Waals surface area contributed by atoms with E-state index < -0.39 is 10.8 Å².